The van der Waals surface area contributed by atoms with Gasteiger partial charge in [0.05, 0.1) is 12.5 Å². The molecule has 0 saturated heterocycles. The van der Waals surface area contributed by atoms with Crippen molar-refractivity contribution in [2.75, 3.05) is 6.54 Å². The predicted octanol–water partition coefficient (Wildman–Crippen LogP) is 3.52. The third kappa shape index (κ3) is 5.50. The molecule has 0 saturated carbocycles. The van der Waals surface area contributed by atoms with Gasteiger partial charge in [-0.3, -0.25) is 4.79 Å². The number of aryl methyl sites for hydroxylation is 2. The summed E-state index contributed by atoms with van der Waals surface area (Å²) in [6.07, 6.45) is 0.628. The third-order valence-corrected chi connectivity index (χ3v) is 4.30. The number of hydrogen-bond acceptors (Lipinski definition) is 2. The Morgan fingerprint density at radius 1 is 1.12 bits per heavy atom. The number of amides is 1. The molecule has 2 rings (SSSR count). The first-order valence-corrected chi connectivity index (χ1v) is 8.51. The van der Waals surface area contributed by atoms with E-state index in [-0.39, 0.29) is 11.8 Å². The minimum atomic E-state index is -0.397. The normalized spacial score (nSPS) is 13.3. The second-order valence-corrected chi connectivity index (χ2v) is 6.60. The Balaban J connectivity index is 1.98. The first-order valence-electron chi connectivity index (χ1n) is 8.51. The maximum atomic E-state index is 12.3. The summed E-state index contributed by atoms with van der Waals surface area (Å²) in [4.78, 5) is 12.3. The predicted molar refractivity (Wildman–Crippen MR) is 98.1 cm³/mol. The van der Waals surface area contributed by atoms with E-state index < -0.39 is 6.10 Å². The van der Waals surface area contributed by atoms with E-state index in [1.165, 1.54) is 5.56 Å². The zero-order chi connectivity index (χ0) is 17.5. The molecule has 0 aliphatic heterocycles. The number of nitrogens with one attached hydrogen (secondary N) is 1. The standard InChI is InChI=1S/C21H27NO2/c1-15-9-10-16(2)19(11-15)13-21(24)22-14-20(12-17(3)23)18-7-5-4-6-8-18/h4-11,17,20,23H,12-14H2,1-3H3,(H,22,24). The van der Waals surface area contributed by atoms with Gasteiger partial charge in [0.1, 0.15) is 0 Å². The molecule has 1 amide bonds. The molecule has 128 valence electrons. The lowest BCUT2D eigenvalue weighted by atomic mass is 9.93. The van der Waals surface area contributed by atoms with Crippen molar-refractivity contribution in [3.05, 3.63) is 70.8 Å². The number of benzene rings is 2. The van der Waals surface area contributed by atoms with Gasteiger partial charge >= 0.3 is 0 Å². The zero-order valence-electron chi connectivity index (χ0n) is 14.8. The summed E-state index contributed by atoms with van der Waals surface area (Å²) in [5.74, 6) is 0.143. The number of aliphatic hydroxyl groups excluding tert-OH is 1. The smallest absolute Gasteiger partial charge is 0.224 e. The highest BCUT2D eigenvalue weighted by Crippen LogP contribution is 2.20. The summed E-state index contributed by atoms with van der Waals surface area (Å²) in [6.45, 7) is 6.39. The summed E-state index contributed by atoms with van der Waals surface area (Å²) >= 11 is 0. The zero-order valence-corrected chi connectivity index (χ0v) is 14.8. The molecule has 0 heterocycles. The lowest BCUT2D eigenvalue weighted by Crippen LogP contribution is -2.31. The summed E-state index contributed by atoms with van der Waals surface area (Å²) in [5.41, 5.74) is 4.52. The van der Waals surface area contributed by atoms with Gasteiger partial charge in [-0.15, -0.1) is 0 Å². The lowest BCUT2D eigenvalue weighted by molar-refractivity contribution is -0.120. The molecule has 2 aromatic carbocycles. The topological polar surface area (TPSA) is 49.3 Å². The molecule has 0 aliphatic carbocycles. The molecule has 0 fully saturated rings. The van der Waals surface area contributed by atoms with E-state index in [1.807, 2.05) is 44.2 Å². The van der Waals surface area contributed by atoms with E-state index >= 15 is 0 Å². The van der Waals surface area contributed by atoms with Crippen LogP contribution < -0.4 is 5.32 Å². The Labute approximate surface area is 144 Å². The molecule has 0 aliphatic rings. The summed E-state index contributed by atoms with van der Waals surface area (Å²) in [6, 6.07) is 16.2. The molecule has 2 aromatic rings. The van der Waals surface area contributed by atoms with E-state index in [0.717, 1.165) is 16.7 Å². The monoisotopic (exact) mass is 325 g/mol. The van der Waals surface area contributed by atoms with Crippen molar-refractivity contribution in [1.29, 1.82) is 0 Å². The van der Waals surface area contributed by atoms with Crippen molar-refractivity contribution >= 4 is 5.91 Å². The summed E-state index contributed by atoms with van der Waals surface area (Å²) in [7, 11) is 0. The van der Waals surface area contributed by atoms with Gasteiger partial charge in [-0.05, 0) is 43.9 Å². The molecular formula is C21H27NO2. The Morgan fingerprint density at radius 2 is 1.83 bits per heavy atom. The van der Waals surface area contributed by atoms with Gasteiger partial charge < -0.3 is 10.4 Å². The maximum Gasteiger partial charge on any atom is 0.224 e. The van der Waals surface area contributed by atoms with Gasteiger partial charge in [0.15, 0.2) is 0 Å². The number of carbonyl (C=O) groups is 1. The van der Waals surface area contributed by atoms with Crippen LogP contribution >= 0.6 is 0 Å². The number of rotatable bonds is 7. The van der Waals surface area contributed by atoms with Crippen molar-refractivity contribution < 1.29 is 9.90 Å². The minimum Gasteiger partial charge on any atom is -0.393 e. The first kappa shape index (κ1) is 18.2. The average molecular weight is 325 g/mol. The summed E-state index contributed by atoms with van der Waals surface area (Å²) < 4.78 is 0. The van der Waals surface area contributed by atoms with Gasteiger partial charge in [-0.1, -0.05) is 54.1 Å². The molecule has 0 bridgehead atoms. The SMILES string of the molecule is Cc1ccc(C)c(CC(=O)NCC(CC(C)O)c2ccccc2)c1. The molecule has 2 N–H and O–H groups in total. The first-order chi connectivity index (χ1) is 11.5. The average Bonchev–Trinajstić information content (AvgIpc) is 2.55. The number of aliphatic hydroxyl groups is 1. The molecule has 3 nitrogen and oxygen atoms in total. The van der Waals surface area contributed by atoms with Crippen LogP contribution in [0.15, 0.2) is 48.5 Å². The molecule has 24 heavy (non-hydrogen) atoms. The van der Waals surface area contributed by atoms with Gasteiger partial charge in [0, 0.05) is 12.5 Å². The summed E-state index contributed by atoms with van der Waals surface area (Å²) in [5, 5.41) is 12.8. The van der Waals surface area contributed by atoms with Gasteiger partial charge in [-0.25, -0.2) is 0 Å². The number of hydrogen-bond donors (Lipinski definition) is 2. The van der Waals surface area contributed by atoms with E-state index in [0.29, 0.717) is 19.4 Å². The van der Waals surface area contributed by atoms with Crippen LogP contribution in [0.5, 0.6) is 0 Å². The second-order valence-electron chi connectivity index (χ2n) is 6.60. The van der Waals surface area contributed by atoms with Crippen LogP contribution in [0, 0.1) is 13.8 Å². The van der Waals surface area contributed by atoms with Gasteiger partial charge in [0.25, 0.3) is 0 Å². The van der Waals surface area contributed by atoms with Gasteiger partial charge in [0.2, 0.25) is 5.91 Å². The molecule has 0 spiro atoms. The van der Waals surface area contributed by atoms with Crippen LogP contribution in [0.4, 0.5) is 0 Å². The van der Waals surface area contributed by atoms with Gasteiger partial charge in [-0.2, -0.15) is 0 Å². The number of carbonyl (C=O) groups excluding carboxylic acids is 1. The van der Waals surface area contributed by atoms with E-state index in [9.17, 15) is 9.90 Å². The van der Waals surface area contributed by atoms with Crippen LogP contribution in [0.1, 0.15) is 41.5 Å². The highest BCUT2D eigenvalue weighted by Gasteiger charge is 2.15. The fourth-order valence-electron chi connectivity index (χ4n) is 2.94. The van der Waals surface area contributed by atoms with Crippen molar-refractivity contribution in [2.24, 2.45) is 0 Å². The third-order valence-electron chi connectivity index (χ3n) is 4.30. The van der Waals surface area contributed by atoms with Crippen molar-refractivity contribution in [3.8, 4) is 0 Å². The van der Waals surface area contributed by atoms with Crippen LogP contribution in [0.25, 0.3) is 0 Å². The Morgan fingerprint density at radius 3 is 2.50 bits per heavy atom. The Bertz CT molecular complexity index is 665. The molecular weight excluding hydrogens is 298 g/mol. The van der Waals surface area contributed by atoms with Crippen molar-refractivity contribution in [1.82, 2.24) is 5.32 Å². The minimum absolute atomic E-state index is 0.0234. The fraction of sp³-hybridized carbons (Fsp3) is 0.381. The van der Waals surface area contributed by atoms with Crippen molar-refractivity contribution in [3.63, 3.8) is 0 Å². The maximum absolute atomic E-state index is 12.3. The molecule has 2 unspecified atom stereocenters. The van der Waals surface area contributed by atoms with Crippen LogP contribution in [-0.4, -0.2) is 23.7 Å². The molecule has 0 aromatic heterocycles. The second kappa shape index (κ2) is 8.65. The largest absolute Gasteiger partial charge is 0.393 e. The van der Waals surface area contributed by atoms with Crippen LogP contribution in [-0.2, 0) is 11.2 Å². The molecule has 2 atom stereocenters. The highest BCUT2D eigenvalue weighted by atomic mass is 16.3. The van der Waals surface area contributed by atoms with E-state index in [4.69, 9.17) is 0 Å². The van der Waals surface area contributed by atoms with Crippen LogP contribution in [0.3, 0.4) is 0 Å². The fourth-order valence-corrected chi connectivity index (χ4v) is 2.94. The van der Waals surface area contributed by atoms with Crippen molar-refractivity contribution in [2.45, 2.75) is 45.6 Å². The lowest BCUT2D eigenvalue weighted by Gasteiger charge is -2.20. The van der Waals surface area contributed by atoms with Crippen LogP contribution in [0.2, 0.25) is 0 Å². The molecule has 3 heteroatoms. The highest BCUT2D eigenvalue weighted by molar-refractivity contribution is 5.79. The molecule has 0 radical (unpaired) electrons. The Kier molecular flexibility index (Phi) is 6.56. The van der Waals surface area contributed by atoms with E-state index in [2.05, 4.69) is 23.5 Å². The Hall–Kier alpha value is -2.13. The van der Waals surface area contributed by atoms with E-state index in [1.54, 1.807) is 6.92 Å². The quantitative estimate of drug-likeness (QED) is 0.818.